The molecule has 0 bridgehead atoms. The van der Waals surface area contributed by atoms with Crippen LogP contribution in [0.3, 0.4) is 0 Å². The SMILES string of the molecule is CC(c1cccc(F)c1)c1cnc(N)s1. The highest BCUT2D eigenvalue weighted by atomic mass is 32.1. The van der Waals surface area contributed by atoms with Crippen molar-refractivity contribution in [3.8, 4) is 0 Å². The molecule has 1 unspecified atom stereocenters. The van der Waals surface area contributed by atoms with Crippen LogP contribution in [-0.4, -0.2) is 4.98 Å². The number of nitrogen functional groups attached to an aromatic ring is 1. The van der Waals surface area contributed by atoms with Crippen LogP contribution < -0.4 is 5.73 Å². The fraction of sp³-hybridized carbons (Fsp3) is 0.182. The molecule has 0 saturated heterocycles. The molecule has 78 valence electrons. The second-order valence-electron chi connectivity index (χ2n) is 3.38. The van der Waals surface area contributed by atoms with Gasteiger partial charge in [0.15, 0.2) is 5.13 Å². The molecule has 1 aromatic carbocycles. The smallest absolute Gasteiger partial charge is 0.180 e. The zero-order valence-corrected chi connectivity index (χ0v) is 9.09. The van der Waals surface area contributed by atoms with Gasteiger partial charge in [-0.3, -0.25) is 0 Å². The molecule has 1 aromatic heterocycles. The summed E-state index contributed by atoms with van der Waals surface area (Å²) in [6, 6.07) is 6.60. The second-order valence-corrected chi connectivity index (χ2v) is 4.47. The summed E-state index contributed by atoms with van der Waals surface area (Å²) in [7, 11) is 0. The third kappa shape index (κ3) is 2.15. The van der Waals surface area contributed by atoms with Crippen molar-refractivity contribution in [2.24, 2.45) is 0 Å². The van der Waals surface area contributed by atoms with E-state index in [9.17, 15) is 4.39 Å². The van der Waals surface area contributed by atoms with E-state index in [1.807, 2.05) is 13.0 Å². The number of halogens is 1. The summed E-state index contributed by atoms with van der Waals surface area (Å²) < 4.78 is 13.0. The Morgan fingerprint density at radius 1 is 1.47 bits per heavy atom. The first-order chi connectivity index (χ1) is 7.16. The summed E-state index contributed by atoms with van der Waals surface area (Å²) in [6.07, 6.45) is 1.75. The lowest BCUT2D eigenvalue weighted by Crippen LogP contribution is -1.93. The van der Waals surface area contributed by atoms with Crippen LogP contribution in [0.1, 0.15) is 23.3 Å². The number of benzene rings is 1. The van der Waals surface area contributed by atoms with E-state index in [2.05, 4.69) is 4.98 Å². The van der Waals surface area contributed by atoms with Gasteiger partial charge in [-0.2, -0.15) is 0 Å². The Balaban J connectivity index is 2.32. The minimum absolute atomic E-state index is 0.135. The van der Waals surface area contributed by atoms with Gasteiger partial charge in [0.1, 0.15) is 5.82 Å². The summed E-state index contributed by atoms with van der Waals surface area (Å²) in [5, 5.41) is 0.549. The first-order valence-corrected chi connectivity index (χ1v) is 5.45. The molecule has 0 saturated carbocycles. The molecule has 0 aliphatic heterocycles. The minimum Gasteiger partial charge on any atom is -0.375 e. The van der Waals surface area contributed by atoms with Crippen molar-refractivity contribution >= 4 is 16.5 Å². The average Bonchev–Trinajstić information content (AvgIpc) is 2.64. The molecule has 2 rings (SSSR count). The van der Waals surface area contributed by atoms with Crippen LogP contribution in [0.5, 0.6) is 0 Å². The maximum atomic E-state index is 13.0. The van der Waals surface area contributed by atoms with Gasteiger partial charge in [0.2, 0.25) is 0 Å². The maximum Gasteiger partial charge on any atom is 0.180 e. The molecule has 0 radical (unpaired) electrons. The van der Waals surface area contributed by atoms with E-state index >= 15 is 0 Å². The molecule has 0 amide bonds. The van der Waals surface area contributed by atoms with Gasteiger partial charge < -0.3 is 5.73 Å². The van der Waals surface area contributed by atoms with E-state index in [4.69, 9.17) is 5.73 Å². The molecule has 0 spiro atoms. The summed E-state index contributed by atoms with van der Waals surface area (Å²) in [4.78, 5) is 5.04. The average molecular weight is 222 g/mol. The van der Waals surface area contributed by atoms with E-state index in [1.54, 1.807) is 18.3 Å². The molecule has 15 heavy (non-hydrogen) atoms. The highest BCUT2D eigenvalue weighted by molar-refractivity contribution is 7.15. The van der Waals surface area contributed by atoms with Gasteiger partial charge in [0.05, 0.1) is 0 Å². The number of hydrogen-bond acceptors (Lipinski definition) is 3. The van der Waals surface area contributed by atoms with E-state index in [1.165, 1.54) is 17.4 Å². The van der Waals surface area contributed by atoms with Crippen LogP contribution in [0.25, 0.3) is 0 Å². The molecule has 0 aliphatic rings. The van der Waals surface area contributed by atoms with Crippen molar-refractivity contribution in [1.82, 2.24) is 4.98 Å². The highest BCUT2D eigenvalue weighted by Crippen LogP contribution is 2.29. The third-order valence-corrected chi connectivity index (χ3v) is 3.33. The molecule has 4 heteroatoms. The van der Waals surface area contributed by atoms with Gasteiger partial charge in [-0.05, 0) is 17.7 Å². The van der Waals surface area contributed by atoms with Crippen molar-refractivity contribution in [2.45, 2.75) is 12.8 Å². The van der Waals surface area contributed by atoms with Gasteiger partial charge in [-0.25, -0.2) is 9.37 Å². The number of rotatable bonds is 2. The maximum absolute atomic E-state index is 13.0. The Morgan fingerprint density at radius 3 is 2.87 bits per heavy atom. The Labute approximate surface area is 91.6 Å². The van der Waals surface area contributed by atoms with Crippen molar-refractivity contribution in [1.29, 1.82) is 0 Å². The van der Waals surface area contributed by atoms with Crippen molar-refractivity contribution < 1.29 is 4.39 Å². The summed E-state index contributed by atoms with van der Waals surface area (Å²) >= 11 is 1.44. The van der Waals surface area contributed by atoms with E-state index in [0.717, 1.165) is 10.4 Å². The Hall–Kier alpha value is -1.42. The van der Waals surface area contributed by atoms with Gasteiger partial charge >= 0.3 is 0 Å². The number of hydrogen-bond donors (Lipinski definition) is 1. The number of aromatic nitrogens is 1. The van der Waals surface area contributed by atoms with Crippen molar-refractivity contribution in [3.63, 3.8) is 0 Å². The van der Waals surface area contributed by atoms with Crippen molar-refractivity contribution in [3.05, 3.63) is 46.7 Å². The van der Waals surface area contributed by atoms with Crippen LogP contribution in [0.15, 0.2) is 30.5 Å². The van der Waals surface area contributed by atoms with Gasteiger partial charge in [0, 0.05) is 17.0 Å². The second kappa shape index (κ2) is 3.98. The topological polar surface area (TPSA) is 38.9 Å². The standard InChI is InChI=1S/C11H11FN2S/c1-7(10-6-14-11(13)15-10)8-3-2-4-9(12)5-8/h2-7H,1H3,(H2,13,14). The van der Waals surface area contributed by atoms with Crippen LogP contribution >= 0.6 is 11.3 Å². The predicted molar refractivity (Wildman–Crippen MR) is 60.4 cm³/mol. The number of thiazole rings is 1. The summed E-state index contributed by atoms with van der Waals surface area (Å²) in [5.41, 5.74) is 6.50. The zero-order valence-electron chi connectivity index (χ0n) is 8.27. The van der Waals surface area contributed by atoms with Gasteiger partial charge in [-0.15, -0.1) is 11.3 Å². The molecule has 2 aromatic rings. The molecule has 1 atom stereocenters. The number of nitrogens with two attached hydrogens (primary N) is 1. The summed E-state index contributed by atoms with van der Waals surface area (Å²) in [6.45, 7) is 2.02. The fourth-order valence-corrected chi connectivity index (χ4v) is 2.21. The van der Waals surface area contributed by atoms with E-state index in [0.29, 0.717) is 5.13 Å². The molecule has 2 N–H and O–H groups in total. The van der Waals surface area contributed by atoms with Crippen LogP contribution in [0.2, 0.25) is 0 Å². The molecule has 0 fully saturated rings. The Bertz CT molecular complexity index is 467. The lowest BCUT2D eigenvalue weighted by molar-refractivity contribution is 0.624. The quantitative estimate of drug-likeness (QED) is 0.848. The normalized spacial score (nSPS) is 12.7. The Morgan fingerprint density at radius 2 is 2.27 bits per heavy atom. The first-order valence-electron chi connectivity index (χ1n) is 4.63. The van der Waals surface area contributed by atoms with Crippen LogP contribution in [-0.2, 0) is 0 Å². The van der Waals surface area contributed by atoms with Crippen LogP contribution in [0.4, 0.5) is 9.52 Å². The summed E-state index contributed by atoms with van der Waals surface area (Å²) in [5.74, 6) is -0.0765. The van der Waals surface area contributed by atoms with E-state index in [-0.39, 0.29) is 11.7 Å². The molecule has 0 aliphatic carbocycles. The fourth-order valence-electron chi connectivity index (χ4n) is 1.44. The van der Waals surface area contributed by atoms with E-state index < -0.39 is 0 Å². The monoisotopic (exact) mass is 222 g/mol. The Kier molecular flexibility index (Phi) is 2.68. The number of nitrogens with zero attached hydrogens (tertiary/aromatic N) is 1. The third-order valence-electron chi connectivity index (χ3n) is 2.32. The zero-order chi connectivity index (χ0) is 10.8. The lowest BCUT2D eigenvalue weighted by atomic mass is 10.0. The highest BCUT2D eigenvalue weighted by Gasteiger charge is 2.11. The number of anilines is 1. The lowest BCUT2D eigenvalue weighted by Gasteiger charge is -2.08. The van der Waals surface area contributed by atoms with Gasteiger partial charge in [0.25, 0.3) is 0 Å². The van der Waals surface area contributed by atoms with Crippen LogP contribution in [0, 0.1) is 5.82 Å². The van der Waals surface area contributed by atoms with Gasteiger partial charge in [-0.1, -0.05) is 19.1 Å². The largest absolute Gasteiger partial charge is 0.375 e. The molecular weight excluding hydrogens is 211 g/mol. The van der Waals surface area contributed by atoms with Crippen molar-refractivity contribution in [2.75, 3.05) is 5.73 Å². The molecule has 2 nitrogen and oxygen atoms in total. The molecule has 1 heterocycles. The minimum atomic E-state index is -0.211. The predicted octanol–water partition coefficient (Wildman–Crippen LogP) is 3.02. The first kappa shape index (κ1) is 10.1. The molecular formula is C11H11FN2S.